The first-order valence-electron chi connectivity index (χ1n) is 10.6. The van der Waals surface area contributed by atoms with E-state index in [0.717, 1.165) is 0 Å². The third-order valence-electron chi connectivity index (χ3n) is 5.98. The van der Waals surface area contributed by atoms with Crippen LogP contribution in [0.2, 0.25) is 0 Å². The number of piperazine rings is 1. The predicted molar refractivity (Wildman–Crippen MR) is 122 cm³/mol. The number of carbonyl (C=O) groups is 3. The number of hydrogen-bond acceptors (Lipinski definition) is 7. The zero-order chi connectivity index (χ0) is 23.7. The van der Waals surface area contributed by atoms with Crippen LogP contribution in [0.25, 0.3) is 0 Å². The highest BCUT2D eigenvalue weighted by atomic mass is 32.2. The summed E-state index contributed by atoms with van der Waals surface area (Å²) in [6.45, 7) is 5.20. The van der Waals surface area contributed by atoms with Gasteiger partial charge in [0.2, 0.25) is 11.8 Å². The van der Waals surface area contributed by atoms with Crippen LogP contribution in [-0.2, 0) is 19.1 Å². The van der Waals surface area contributed by atoms with Crippen molar-refractivity contribution >= 4 is 34.7 Å². The van der Waals surface area contributed by atoms with Crippen molar-refractivity contribution in [2.45, 2.75) is 26.3 Å². The molecule has 1 fully saturated rings. The molecule has 2 amide bonds. The van der Waals surface area contributed by atoms with E-state index in [4.69, 9.17) is 4.74 Å². The fourth-order valence-electron chi connectivity index (χ4n) is 4.27. The van der Waals surface area contributed by atoms with Gasteiger partial charge in [-0.1, -0.05) is 23.9 Å². The number of halogens is 1. The SMILES string of the molecule is COC(=O)C1=C(C)N=C2SC=C(CC(=O)N3CCN(C(C)=O)CC3)N2[C@H]1c1cccc(F)c1. The summed E-state index contributed by atoms with van der Waals surface area (Å²) in [5.41, 5.74) is 2.05. The van der Waals surface area contributed by atoms with E-state index in [0.29, 0.717) is 53.9 Å². The average molecular weight is 473 g/mol. The first-order valence-corrected chi connectivity index (χ1v) is 11.5. The summed E-state index contributed by atoms with van der Waals surface area (Å²) in [7, 11) is 1.30. The molecule has 1 aromatic carbocycles. The van der Waals surface area contributed by atoms with Gasteiger partial charge in [-0.25, -0.2) is 14.2 Å². The Morgan fingerprint density at radius 3 is 2.52 bits per heavy atom. The molecule has 1 aromatic rings. The lowest BCUT2D eigenvalue weighted by atomic mass is 9.93. The predicted octanol–water partition coefficient (Wildman–Crippen LogP) is 2.65. The Kier molecular flexibility index (Phi) is 6.55. The minimum absolute atomic E-state index is 0.00148. The number of esters is 1. The molecule has 0 radical (unpaired) electrons. The van der Waals surface area contributed by atoms with Crippen molar-refractivity contribution in [3.8, 4) is 0 Å². The highest BCUT2D eigenvalue weighted by Crippen LogP contribution is 2.45. The van der Waals surface area contributed by atoms with Gasteiger partial charge in [0.15, 0.2) is 5.17 Å². The lowest BCUT2D eigenvalue weighted by molar-refractivity contribution is -0.138. The van der Waals surface area contributed by atoms with Gasteiger partial charge < -0.3 is 19.4 Å². The van der Waals surface area contributed by atoms with Gasteiger partial charge in [0, 0.05) is 38.8 Å². The maximum Gasteiger partial charge on any atom is 0.338 e. The van der Waals surface area contributed by atoms with E-state index < -0.39 is 17.8 Å². The van der Waals surface area contributed by atoms with E-state index in [1.807, 2.05) is 10.3 Å². The molecule has 1 atom stereocenters. The van der Waals surface area contributed by atoms with Crippen molar-refractivity contribution in [2.75, 3.05) is 33.3 Å². The summed E-state index contributed by atoms with van der Waals surface area (Å²) < 4.78 is 19.1. The smallest absolute Gasteiger partial charge is 0.338 e. The largest absolute Gasteiger partial charge is 0.466 e. The third-order valence-corrected chi connectivity index (χ3v) is 6.87. The second-order valence-electron chi connectivity index (χ2n) is 8.00. The number of fused-ring (bicyclic) bond motifs is 1. The molecule has 0 spiro atoms. The number of nitrogens with zero attached hydrogens (tertiary/aromatic N) is 4. The van der Waals surface area contributed by atoms with E-state index in [9.17, 15) is 18.8 Å². The van der Waals surface area contributed by atoms with Crippen molar-refractivity contribution < 1.29 is 23.5 Å². The van der Waals surface area contributed by atoms with Crippen LogP contribution in [0.4, 0.5) is 4.39 Å². The number of methoxy groups -OCH3 is 1. The molecular formula is C23H25FN4O4S. The topological polar surface area (TPSA) is 82.5 Å². The molecule has 4 rings (SSSR count). The molecule has 0 aliphatic carbocycles. The quantitative estimate of drug-likeness (QED) is 0.627. The minimum atomic E-state index is -0.663. The standard InChI is InChI=1S/C23H25FN4O4S/c1-14-20(22(31)32-3)21(16-5-4-6-17(24)11-16)28-18(13-33-23(28)25-14)12-19(30)27-9-7-26(8-10-27)15(2)29/h4-6,11,13,21H,7-10,12H2,1-3H3/t21-/m0/s1. The molecule has 0 aromatic heterocycles. The number of amidine groups is 1. The maximum absolute atomic E-state index is 14.1. The van der Waals surface area contributed by atoms with Gasteiger partial charge in [0.1, 0.15) is 5.82 Å². The van der Waals surface area contributed by atoms with Crippen molar-refractivity contribution in [3.05, 3.63) is 58.0 Å². The summed E-state index contributed by atoms with van der Waals surface area (Å²) in [6.07, 6.45) is 0.103. The van der Waals surface area contributed by atoms with Gasteiger partial charge in [-0.15, -0.1) is 0 Å². The third kappa shape index (κ3) is 4.52. The monoisotopic (exact) mass is 472 g/mol. The van der Waals surface area contributed by atoms with Crippen LogP contribution in [0.5, 0.6) is 0 Å². The van der Waals surface area contributed by atoms with Crippen LogP contribution in [-0.4, -0.2) is 70.9 Å². The molecule has 0 unspecified atom stereocenters. The van der Waals surface area contributed by atoms with Gasteiger partial charge in [-0.3, -0.25) is 9.59 Å². The van der Waals surface area contributed by atoms with Crippen LogP contribution in [0, 0.1) is 5.82 Å². The number of thioether (sulfide) groups is 1. The molecule has 8 nitrogen and oxygen atoms in total. The Morgan fingerprint density at radius 1 is 1.18 bits per heavy atom. The van der Waals surface area contributed by atoms with Crippen molar-refractivity contribution in [1.82, 2.24) is 14.7 Å². The number of allylic oxidation sites excluding steroid dienone is 1. The van der Waals surface area contributed by atoms with E-state index in [2.05, 4.69) is 4.99 Å². The molecule has 0 N–H and O–H groups in total. The molecule has 3 aliphatic rings. The molecule has 0 bridgehead atoms. The highest BCUT2D eigenvalue weighted by molar-refractivity contribution is 8.16. The summed E-state index contributed by atoms with van der Waals surface area (Å²) in [4.78, 5) is 47.2. The molecule has 0 saturated carbocycles. The Bertz CT molecular complexity index is 1090. The number of ether oxygens (including phenoxy) is 1. The lowest BCUT2D eigenvalue weighted by Gasteiger charge is -2.37. The summed E-state index contributed by atoms with van der Waals surface area (Å²) in [5.74, 6) is -1.04. The Balaban J connectivity index is 1.61. The molecule has 3 heterocycles. The molecule has 10 heteroatoms. The van der Waals surface area contributed by atoms with Crippen molar-refractivity contribution in [2.24, 2.45) is 4.99 Å². The van der Waals surface area contributed by atoms with Gasteiger partial charge >= 0.3 is 5.97 Å². The molecular weight excluding hydrogens is 447 g/mol. The number of hydrogen-bond donors (Lipinski definition) is 0. The highest BCUT2D eigenvalue weighted by Gasteiger charge is 2.41. The number of amides is 2. The van der Waals surface area contributed by atoms with Gasteiger partial charge in [0.05, 0.1) is 30.8 Å². The first-order chi connectivity index (χ1) is 15.8. The average Bonchev–Trinajstić information content (AvgIpc) is 3.19. The number of benzene rings is 1. The fraction of sp³-hybridized carbons (Fsp3) is 0.391. The van der Waals surface area contributed by atoms with Crippen LogP contribution >= 0.6 is 11.8 Å². The van der Waals surface area contributed by atoms with Crippen LogP contribution in [0.3, 0.4) is 0 Å². The van der Waals surface area contributed by atoms with E-state index in [1.54, 1.807) is 28.9 Å². The molecule has 3 aliphatic heterocycles. The van der Waals surface area contributed by atoms with E-state index >= 15 is 0 Å². The first kappa shape index (κ1) is 23.0. The van der Waals surface area contributed by atoms with Crippen molar-refractivity contribution in [1.29, 1.82) is 0 Å². The summed E-state index contributed by atoms with van der Waals surface area (Å²) in [6, 6.07) is 5.40. The fourth-order valence-corrected chi connectivity index (χ4v) is 5.23. The Labute approximate surface area is 195 Å². The summed E-state index contributed by atoms with van der Waals surface area (Å²) in [5, 5.41) is 2.47. The number of aliphatic imine (C=N–C) groups is 1. The van der Waals surface area contributed by atoms with Crippen LogP contribution in [0.15, 0.2) is 51.6 Å². The van der Waals surface area contributed by atoms with E-state index in [-0.39, 0.29) is 18.2 Å². The van der Waals surface area contributed by atoms with Crippen molar-refractivity contribution in [3.63, 3.8) is 0 Å². The molecule has 174 valence electrons. The van der Waals surface area contributed by atoms with Gasteiger partial charge in [-0.2, -0.15) is 0 Å². The second-order valence-corrected chi connectivity index (χ2v) is 8.84. The number of rotatable bonds is 4. The van der Waals surface area contributed by atoms with Gasteiger partial charge in [-0.05, 0) is 30.0 Å². The molecule has 33 heavy (non-hydrogen) atoms. The molecule has 1 saturated heterocycles. The zero-order valence-electron chi connectivity index (χ0n) is 18.7. The Hall–Kier alpha value is -3.14. The van der Waals surface area contributed by atoms with E-state index in [1.165, 1.54) is 37.9 Å². The maximum atomic E-state index is 14.1. The second kappa shape index (κ2) is 9.38. The number of carbonyl (C=O) groups excluding carboxylic acids is 3. The van der Waals surface area contributed by atoms with Gasteiger partial charge in [0.25, 0.3) is 0 Å². The summed E-state index contributed by atoms with van der Waals surface area (Å²) >= 11 is 1.37. The minimum Gasteiger partial charge on any atom is -0.466 e. The van der Waals surface area contributed by atoms with Crippen LogP contribution in [0.1, 0.15) is 31.9 Å². The van der Waals surface area contributed by atoms with Crippen LogP contribution < -0.4 is 0 Å². The Morgan fingerprint density at radius 2 is 1.88 bits per heavy atom. The normalized spacial score (nSPS) is 20.4. The zero-order valence-corrected chi connectivity index (χ0v) is 19.5. The lowest BCUT2D eigenvalue weighted by Crippen LogP contribution is -2.50.